The third kappa shape index (κ3) is 4.35. The van der Waals surface area contributed by atoms with Gasteiger partial charge in [-0.3, -0.25) is 9.52 Å². The summed E-state index contributed by atoms with van der Waals surface area (Å²) < 4.78 is 32.4. The van der Waals surface area contributed by atoms with Gasteiger partial charge < -0.3 is 9.64 Å². The molecule has 1 amide bonds. The normalized spacial score (nSPS) is 13.5. The van der Waals surface area contributed by atoms with Gasteiger partial charge in [0.15, 0.2) is 0 Å². The van der Waals surface area contributed by atoms with Gasteiger partial charge in [0.2, 0.25) is 10.0 Å². The van der Waals surface area contributed by atoms with Crippen LogP contribution in [0.4, 0.5) is 11.4 Å². The number of amides is 1. The minimum Gasteiger partial charge on any atom is -0.375 e. The minimum absolute atomic E-state index is 0.00976. The van der Waals surface area contributed by atoms with E-state index in [1.54, 1.807) is 41.3 Å². The minimum atomic E-state index is -3.61. The van der Waals surface area contributed by atoms with E-state index in [0.717, 1.165) is 17.7 Å². The first-order valence-electron chi connectivity index (χ1n) is 8.05. The van der Waals surface area contributed by atoms with Gasteiger partial charge in [0.25, 0.3) is 5.91 Å². The fraction of sp³-hybridized carbons (Fsp3) is 0.278. The summed E-state index contributed by atoms with van der Waals surface area (Å²) in [5.74, 6) is -0.332. The van der Waals surface area contributed by atoms with Gasteiger partial charge in [-0.2, -0.15) is 0 Å². The highest BCUT2D eigenvalue weighted by molar-refractivity contribution is 7.91. The van der Waals surface area contributed by atoms with Gasteiger partial charge >= 0.3 is 0 Å². The summed E-state index contributed by atoms with van der Waals surface area (Å²) in [6.07, 6.45) is 0.736. The summed E-state index contributed by atoms with van der Waals surface area (Å²) in [5, 5.41) is 0.488. The fourth-order valence-corrected chi connectivity index (χ4v) is 4.35. The second kappa shape index (κ2) is 7.65. The van der Waals surface area contributed by atoms with Crippen molar-refractivity contribution in [1.29, 1.82) is 0 Å². The van der Waals surface area contributed by atoms with Crippen molar-refractivity contribution in [2.75, 3.05) is 29.9 Å². The lowest BCUT2D eigenvalue weighted by atomic mass is 10.1. The Kier molecular flexibility index (Phi) is 5.50. The molecule has 1 aliphatic heterocycles. The topological polar surface area (TPSA) is 75.7 Å². The van der Waals surface area contributed by atoms with Crippen LogP contribution in [0.15, 0.2) is 42.5 Å². The number of nitrogens with one attached hydrogen (secondary N) is 1. The summed E-state index contributed by atoms with van der Waals surface area (Å²) in [7, 11) is -2.14. The Hall–Kier alpha value is -2.09. The zero-order valence-electron chi connectivity index (χ0n) is 14.2. The molecule has 2 aromatic rings. The van der Waals surface area contributed by atoms with Crippen LogP contribution in [-0.2, 0) is 31.7 Å². The predicted molar refractivity (Wildman–Crippen MR) is 102 cm³/mol. The Balaban J connectivity index is 1.78. The molecule has 0 bridgehead atoms. The molecule has 3 rings (SSSR count). The van der Waals surface area contributed by atoms with Gasteiger partial charge in [0.1, 0.15) is 6.61 Å². The number of hydrogen-bond donors (Lipinski definition) is 1. The first kappa shape index (κ1) is 18.7. The Bertz CT molecular complexity index is 931. The summed E-state index contributed by atoms with van der Waals surface area (Å²) >= 11 is 5.91. The molecule has 0 spiro atoms. The fourth-order valence-electron chi connectivity index (χ4n) is 2.96. The highest BCUT2D eigenvalue weighted by Gasteiger charge is 2.25. The molecule has 138 valence electrons. The van der Waals surface area contributed by atoms with Gasteiger partial charge in [-0.15, -0.1) is 0 Å². The molecule has 8 heteroatoms. The van der Waals surface area contributed by atoms with Crippen molar-refractivity contribution in [3.05, 3.63) is 58.6 Å². The molecule has 1 heterocycles. The van der Waals surface area contributed by atoms with Crippen LogP contribution >= 0.6 is 11.6 Å². The number of fused-ring (bicyclic) bond motifs is 1. The van der Waals surface area contributed by atoms with E-state index >= 15 is 0 Å². The predicted octanol–water partition coefficient (Wildman–Crippen LogP) is 2.82. The summed E-state index contributed by atoms with van der Waals surface area (Å²) in [6.45, 7) is 0.556. The zero-order valence-corrected chi connectivity index (χ0v) is 15.8. The molecule has 0 radical (unpaired) electrons. The average Bonchev–Trinajstić information content (AvgIpc) is 2.97. The lowest BCUT2D eigenvalue weighted by Crippen LogP contribution is -2.32. The van der Waals surface area contributed by atoms with E-state index in [4.69, 9.17) is 16.3 Å². The zero-order chi connectivity index (χ0) is 18.7. The van der Waals surface area contributed by atoms with Gasteiger partial charge in [-0.25, -0.2) is 8.42 Å². The van der Waals surface area contributed by atoms with Crippen LogP contribution in [0, 0.1) is 0 Å². The largest absolute Gasteiger partial charge is 0.375 e. The number of anilines is 2. The molecule has 1 N–H and O–H groups in total. The second-order valence-corrected chi connectivity index (χ2v) is 8.22. The number of hydrogen-bond acceptors (Lipinski definition) is 4. The van der Waals surface area contributed by atoms with Crippen molar-refractivity contribution in [3.63, 3.8) is 0 Å². The SMILES string of the molecule is COCC(=O)N1CCc2ccc(NS(=O)(=O)Cc3cccc(Cl)c3)cc21. The van der Waals surface area contributed by atoms with E-state index in [9.17, 15) is 13.2 Å². The van der Waals surface area contributed by atoms with Gasteiger partial charge in [0.05, 0.1) is 11.4 Å². The molecular formula is C18H19ClN2O4S. The van der Waals surface area contributed by atoms with Gasteiger partial charge in [-0.05, 0) is 41.8 Å². The monoisotopic (exact) mass is 394 g/mol. The maximum atomic E-state index is 12.4. The molecule has 0 aliphatic carbocycles. The molecular weight excluding hydrogens is 376 g/mol. The Morgan fingerprint density at radius 1 is 1.27 bits per heavy atom. The molecule has 0 atom stereocenters. The highest BCUT2D eigenvalue weighted by Crippen LogP contribution is 2.31. The molecule has 0 saturated carbocycles. The molecule has 1 aliphatic rings. The van der Waals surface area contributed by atoms with Crippen LogP contribution in [-0.4, -0.2) is 34.6 Å². The smallest absolute Gasteiger partial charge is 0.252 e. The number of sulfonamides is 1. The maximum absolute atomic E-state index is 12.4. The van der Waals surface area contributed by atoms with Crippen LogP contribution in [0.2, 0.25) is 5.02 Å². The van der Waals surface area contributed by atoms with Crippen LogP contribution in [0.25, 0.3) is 0 Å². The van der Waals surface area contributed by atoms with E-state index in [1.807, 2.05) is 6.07 Å². The second-order valence-electron chi connectivity index (χ2n) is 6.06. The van der Waals surface area contributed by atoms with Crippen molar-refractivity contribution in [3.8, 4) is 0 Å². The first-order valence-corrected chi connectivity index (χ1v) is 10.1. The molecule has 6 nitrogen and oxygen atoms in total. The van der Waals surface area contributed by atoms with Gasteiger partial charge in [-0.1, -0.05) is 29.8 Å². The van der Waals surface area contributed by atoms with Crippen molar-refractivity contribution in [1.82, 2.24) is 0 Å². The molecule has 0 unspecified atom stereocenters. The summed E-state index contributed by atoms with van der Waals surface area (Å²) in [5.41, 5.74) is 2.74. The molecule has 0 fully saturated rings. The Morgan fingerprint density at radius 3 is 2.81 bits per heavy atom. The third-order valence-electron chi connectivity index (χ3n) is 4.07. The lowest BCUT2D eigenvalue weighted by Gasteiger charge is -2.18. The number of carbonyl (C=O) groups excluding carboxylic acids is 1. The summed E-state index contributed by atoms with van der Waals surface area (Å²) in [4.78, 5) is 13.7. The number of rotatable bonds is 6. The van der Waals surface area contributed by atoms with E-state index in [1.165, 1.54) is 7.11 Å². The van der Waals surface area contributed by atoms with Crippen LogP contribution < -0.4 is 9.62 Å². The van der Waals surface area contributed by atoms with Crippen molar-refractivity contribution in [2.45, 2.75) is 12.2 Å². The van der Waals surface area contributed by atoms with Crippen LogP contribution in [0.5, 0.6) is 0 Å². The number of carbonyl (C=O) groups is 1. The number of benzene rings is 2. The van der Waals surface area contributed by atoms with E-state index in [0.29, 0.717) is 22.8 Å². The van der Waals surface area contributed by atoms with E-state index < -0.39 is 10.0 Å². The molecule has 26 heavy (non-hydrogen) atoms. The average molecular weight is 395 g/mol. The Morgan fingerprint density at radius 2 is 2.08 bits per heavy atom. The molecule has 2 aromatic carbocycles. The number of halogens is 1. The lowest BCUT2D eigenvalue weighted by molar-refractivity contribution is -0.122. The Labute approximate surface area is 157 Å². The number of nitrogens with zero attached hydrogens (tertiary/aromatic N) is 1. The highest BCUT2D eigenvalue weighted by atomic mass is 35.5. The number of methoxy groups -OCH3 is 1. The maximum Gasteiger partial charge on any atom is 0.252 e. The van der Waals surface area contributed by atoms with Crippen LogP contribution in [0.3, 0.4) is 0 Å². The van der Waals surface area contributed by atoms with E-state index in [2.05, 4.69) is 4.72 Å². The first-order chi connectivity index (χ1) is 12.4. The van der Waals surface area contributed by atoms with Crippen molar-refractivity contribution < 1.29 is 17.9 Å². The quantitative estimate of drug-likeness (QED) is 0.817. The summed E-state index contributed by atoms with van der Waals surface area (Å²) in [6, 6.07) is 12.0. The van der Waals surface area contributed by atoms with Crippen molar-refractivity contribution >= 4 is 38.9 Å². The van der Waals surface area contributed by atoms with Crippen LogP contribution in [0.1, 0.15) is 11.1 Å². The molecule has 0 saturated heterocycles. The standard InChI is InChI=1S/C18H19ClN2O4S/c1-25-11-18(22)21-8-7-14-5-6-16(10-17(14)21)20-26(23,24)12-13-3-2-4-15(19)9-13/h2-6,9-10,20H,7-8,11-12H2,1H3. The van der Waals surface area contributed by atoms with Gasteiger partial charge in [0, 0.05) is 24.4 Å². The molecule has 0 aromatic heterocycles. The number of ether oxygens (including phenoxy) is 1. The van der Waals surface area contributed by atoms with Crippen molar-refractivity contribution in [2.24, 2.45) is 0 Å². The third-order valence-corrected chi connectivity index (χ3v) is 5.56. The van der Waals surface area contributed by atoms with E-state index in [-0.39, 0.29) is 18.3 Å².